The molecule has 7 heteroatoms. The van der Waals surface area contributed by atoms with Crippen LogP contribution in [0, 0.1) is 5.82 Å². The maximum atomic E-state index is 12.9. The fourth-order valence-electron chi connectivity index (χ4n) is 1.68. The first kappa shape index (κ1) is 16.0. The van der Waals surface area contributed by atoms with Crippen LogP contribution in [-0.2, 0) is 0 Å². The maximum absolute atomic E-state index is 12.9. The average molecular weight is 332 g/mol. The van der Waals surface area contributed by atoms with Gasteiger partial charge in [0, 0.05) is 11.3 Å². The van der Waals surface area contributed by atoms with E-state index in [1.54, 1.807) is 12.1 Å². The van der Waals surface area contributed by atoms with Crippen LogP contribution in [0.3, 0.4) is 0 Å². The second-order valence-corrected chi connectivity index (χ2v) is 5.11. The molecule has 4 nitrogen and oxygen atoms in total. The van der Waals surface area contributed by atoms with Gasteiger partial charge < -0.3 is 11.1 Å². The van der Waals surface area contributed by atoms with Gasteiger partial charge in [-0.25, -0.2) is 4.39 Å². The molecule has 0 radical (unpaired) electrons. The van der Waals surface area contributed by atoms with Crippen molar-refractivity contribution < 1.29 is 4.39 Å². The molecule has 0 bridgehead atoms. The van der Waals surface area contributed by atoms with Crippen LogP contribution in [0.15, 0.2) is 59.7 Å². The third-order valence-electron chi connectivity index (χ3n) is 2.64. The first-order chi connectivity index (χ1) is 10.6. The number of hydrogen-bond acceptors (Lipinski definition) is 3. The topological polar surface area (TPSA) is 62.4 Å². The summed E-state index contributed by atoms with van der Waals surface area (Å²) >= 11 is 10.1. The van der Waals surface area contributed by atoms with E-state index in [4.69, 9.17) is 30.2 Å². The lowest BCUT2D eigenvalue weighted by Gasteiger charge is -2.11. The summed E-state index contributed by atoms with van der Waals surface area (Å²) in [7, 11) is 0. The molecule has 2 rings (SSSR count). The van der Waals surface area contributed by atoms with Crippen molar-refractivity contribution >= 4 is 45.9 Å². The van der Waals surface area contributed by atoms with Gasteiger partial charge in [0.2, 0.25) is 0 Å². The Hall–Kier alpha value is -2.38. The summed E-state index contributed by atoms with van der Waals surface area (Å²) in [5, 5.41) is 7.17. The highest BCUT2D eigenvalue weighted by Crippen LogP contribution is 2.11. The Morgan fingerprint density at radius 1 is 1.00 bits per heavy atom. The van der Waals surface area contributed by atoms with Crippen LogP contribution in [0.1, 0.15) is 5.56 Å². The lowest BCUT2D eigenvalue weighted by molar-refractivity contribution is 0.628. The second-order valence-electron chi connectivity index (χ2n) is 4.26. The van der Waals surface area contributed by atoms with Gasteiger partial charge in [-0.05, 0) is 36.5 Å². The normalized spacial score (nSPS) is 10.9. The Balaban J connectivity index is 2.24. The lowest BCUT2D eigenvalue weighted by Crippen LogP contribution is -2.29. The molecule has 2 aromatic rings. The van der Waals surface area contributed by atoms with E-state index in [1.165, 1.54) is 12.1 Å². The van der Waals surface area contributed by atoms with E-state index >= 15 is 0 Å². The molecule has 112 valence electrons. The van der Waals surface area contributed by atoms with Gasteiger partial charge in [0.25, 0.3) is 0 Å². The van der Waals surface area contributed by atoms with Crippen LogP contribution in [-0.4, -0.2) is 15.8 Å². The van der Waals surface area contributed by atoms with Gasteiger partial charge in [-0.2, -0.15) is 5.10 Å². The Morgan fingerprint density at radius 3 is 2.23 bits per heavy atom. The van der Waals surface area contributed by atoms with E-state index in [0.29, 0.717) is 16.4 Å². The van der Waals surface area contributed by atoms with Crippen molar-refractivity contribution in [2.75, 3.05) is 5.32 Å². The predicted octanol–water partition coefficient (Wildman–Crippen LogP) is 2.80. The minimum Gasteiger partial charge on any atom is -0.375 e. The smallest absolute Gasteiger partial charge is 0.184 e. The molecule has 0 amide bonds. The average Bonchev–Trinajstić information content (AvgIpc) is 2.50. The summed E-state index contributed by atoms with van der Waals surface area (Å²) in [4.78, 5) is 0.363. The molecular formula is C15H13FN4S2. The second kappa shape index (κ2) is 7.58. The van der Waals surface area contributed by atoms with Gasteiger partial charge >= 0.3 is 0 Å². The number of anilines is 1. The third kappa shape index (κ3) is 4.57. The van der Waals surface area contributed by atoms with E-state index in [-0.39, 0.29) is 10.9 Å². The Bertz CT molecular complexity index is 699. The van der Waals surface area contributed by atoms with Gasteiger partial charge in [0.05, 0.1) is 0 Å². The molecule has 0 atom stereocenters. The third-order valence-corrected chi connectivity index (χ3v) is 3.03. The number of nitrogens with one attached hydrogen (secondary N) is 2. The van der Waals surface area contributed by atoms with Gasteiger partial charge in [0.1, 0.15) is 16.5 Å². The number of thiocarbonyl (C=S) groups is 2. The highest BCUT2D eigenvalue weighted by Gasteiger charge is 2.11. The summed E-state index contributed by atoms with van der Waals surface area (Å²) < 4.78 is 12.9. The molecule has 0 unspecified atom stereocenters. The highest BCUT2D eigenvalue weighted by atomic mass is 32.1. The molecular weight excluding hydrogens is 319 g/mol. The first-order valence-electron chi connectivity index (χ1n) is 6.32. The van der Waals surface area contributed by atoms with Crippen LogP contribution < -0.4 is 16.5 Å². The molecule has 2 aromatic carbocycles. The van der Waals surface area contributed by atoms with Crippen molar-refractivity contribution in [3.8, 4) is 0 Å². The van der Waals surface area contributed by atoms with Gasteiger partial charge in [-0.1, -0.05) is 42.5 Å². The number of hydrogen-bond donors (Lipinski definition) is 3. The zero-order chi connectivity index (χ0) is 15.9. The van der Waals surface area contributed by atoms with Gasteiger partial charge in [0.15, 0.2) is 5.11 Å². The largest absolute Gasteiger partial charge is 0.375 e. The summed E-state index contributed by atoms with van der Waals surface area (Å²) in [6.45, 7) is 0. The maximum Gasteiger partial charge on any atom is 0.184 e. The number of rotatable bonds is 4. The molecule has 0 heterocycles. The molecule has 22 heavy (non-hydrogen) atoms. The number of nitrogens with zero attached hydrogens (tertiary/aromatic N) is 1. The van der Waals surface area contributed by atoms with Crippen molar-refractivity contribution in [2.24, 2.45) is 10.8 Å². The quantitative estimate of drug-likeness (QED) is 0.456. The fourth-order valence-corrected chi connectivity index (χ4v) is 2.00. The number of halogens is 1. The lowest BCUT2D eigenvalue weighted by atomic mass is 10.1. The van der Waals surface area contributed by atoms with Gasteiger partial charge in [-0.3, -0.25) is 5.43 Å². The fraction of sp³-hybridized carbons (Fsp3) is 0. The Morgan fingerprint density at radius 2 is 1.64 bits per heavy atom. The van der Waals surface area contributed by atoms with E-state index in [2.05, 4.69) is 15.8 Å². The van der Waals surface area contributed by atoms with Crippen molar-refractivity contribution in [1.82, 2.24) is 5.43 Å². The zero-order valence-corrected chi connectivity index (χ0v) is 13.0. The summed E-state index contributed by atoms with van der Waals surface area (Å²) in [5.41, 5.74) is 9.86. The zero-order valence-electron chi connectivity index (χ0n) is 11.4. The number of nitrogens with two attached hydrogens (primary N) is 1. The summed E-state index contributed by atoms with van der Waals surface area (Å²) in [5.74, 6) is -0.316. The summed E-state index contributed by atoms with van der Waals surface area (Å²) in [6, 6.07) is 15.2. The standard InChI is InChI=1S/C15H13FN4S2/c16-11-6-8-12(9-7-11)18-14(21)13(19-20-15(17)22)10-4-2-1-3-5-10/h1-9H,(H,18,21)(H3,17,20,22). The molecule has 0 aromatic heterocycles. The molecule has 0 saturated heterocycles. The first-order valence-corrected chi connectivity index (χ1v) is 7.13. The molecule has 4 N–H and O–H groups in total. The van der Waals surface area contributed by atoms with Crippen LogP contribution >= 0.6 is 24.4 Å². The van der Waals surface area contributed by atoms with Crippen molar-refractivity contribution in [3.05, 3.63) is 66.0 Å². The Labute approximate surface area is 138 Å². The Kier molecular flexibility index (Phi) is 5.51. The minimum absolute atomic E-state index is 0.0398. The van der Waals surface area contributed by atoms with Crippen molar-refractivity contribution in [1.29, 1.82) is 0 Å². The number of hydrazone groups is 1. The van der Waals surface area contributed by atoms with Crippen molar-refractivity contribution in [3.63, 3.8) is 0 Å². The molecule has 0 aliphatic carbocycles. The molecule has 0 spiro atoms. The van der Waals surface area contributed by atoms with Crippen molar-refractivity contribution in [2.45, 2.75) is 0 Å². The van der Waals surface area contributed by atoms with Crippen LogP contribution in [0.5, 0.6) is 0 Å². The highest BCUT2D eigenvalue weighted by molar-refractivity contribution is 7.82. The SMILES string of the molecule is NC(=S)NN=C(C(=S)Nc1ccc(F)cc1)c1ccccc1. The molecule has 0 aliphatic heterocycles. The molecule has 0 saturated carbocycles. The van der Waals surface area contributed by atoms with Crippen LogP contribution in [0.2, 0.25) is 0 Å². The predicted molar refractivity (Wildman–Crippen MR) is 95.5 cm³/mol. The van der Waals surface area contributed by atoms with Crippen LogP contribution in [0.25, 0.3) is 0 Å². The summed E-state index contributed by atoms with van der Waals surface area (Å²) in [6.07, 6.45) is 0. The molecule has 0 aliphatic rings. The minimum atomic E-state index is -0.316. The van der Waals surface area contributed by atoms with E-state index in [1.807, 2.05) is 30.3 Å². The monoisotopic (exact) mass is 332 g/mol. The van der Waals surface area contributed by atoms with E-state index in [0.717, 1.165) is 5.56 Å². The number of benzene rings is 2. The molecule has 0 fully saturated rings. The van der Waals surface area contributed by atoms with E-state index in [9.17, 15) is 4.39 Å². The van der Waals surface area contributed by atoms with E-state index < -0.39 is 0 Å². The van der Waals surface area contributed by atoms with Crippen LogP contribution in [0.4, 0.5) is 10.1 Å². The van der Waals surface area contributed by atoms with Gasteiger partial charge in [-0.15, -0.1) is 0 Å².